The molecule has 0 aliphatic heterocycles. The molecule has 0 saturated carbocycles. The first-order chi connectivity index (χ1) is 13.6. The minimum absolute atomic E-state index is 0.433. The summed E-state index contributed by atoms with van der Waals surface area (Å²) < 4.78 is 0. The number of thiazole rings is 1. The summed E-state index contributed by atoms with van der Waals surface area (Å²) in [6.45, 7) is 2.00. The Morgan fingerprint density at radius 3 is 2.32 bits per heavy atom. The van der Waals surface area contributed by atoms with E-state index < -0.39 is 0 Å². The number of aryl methyl sites for hydroxylation is 1. The normalized spacial score (nSPS) is 10.8. The number of anilines is 2. The average Bonchev–Trinajstić information content (AvgIpc) is 3.19. The van der Waals surface area contributed by atoms with Gasteiger partial charge in [0, 0.05) is 39.7 Å². The van der Waals surface area contributed by atoms with E-state index >= 15 is 0 Å². The number of nitrogens with one attached hydrogen (secondary N) is 1. The van der Waals surface area contributed by atoms with Crippen LogP contribution in [0.3, 0.4) is 0 Å². The molecular formula is C21H16Cl2N4S. The number of benzene rings is 2. The van der Waals surface area contributed by atoms with Gasteiger partial charge in [-0.2, -0.15) is 0 Å². The number of hydrogen-bond donors (Lipinski definition) is 1. The van der Waals surface area contributed by atoms with Gasteiger partial charge >= 0.3 is 0 Å². The van der Waals surface area contributed by atoms with Crippen LogP contribution in [0.4, 0.5) is 11.5 Å². The molecule has 4 aromatic rings. The summed E-state index contributed by atoms with van der Waals surface area (Å²) in [5.41, 5.74) is 3.98. The fourth-order valence-corrected chi connectivity index (χ4v) is 3.85. The van der Waals surface area contributed by atoms with Crippen molar-refractivity contribution in [3.8, 4) is 21.8 Å². The molecule has 2 heterocycles. The number of hydrogen-bond acceptors (Lipinski definition) is 5. The van der Waals surface area contributed by atoms with E-state index in [-0.39, 0.29) is 0 Å². The Bertz CT molecular complexity index is 1090. The second-order valence-corrected chi connectivity index (χ2v) is 7.77. The van der Waals surface area contributed by atoms with Crippen molar-refractivity contribution in [1.82, 2.24) is 15.0 Å². The molecule has 7 heteroatoms. The van der Waals surface area contributed by atoms with Crippen LogP contribution in [0.2, 0.25) is 10.2 Å². The Balaban J connectivity index is 1.52. The molecule has 0 amide bonds. The minimum Gasteiger partial charge on any atom is -0.340 e. The van der Waals surface area contributed by atoms with Gasteiger partial charge in [0.2, 0.25) is 0 Å². The van der Waals surface area contributed by atoms with Gasteiger partial charge in [-0.1, -0.05) is 54.4 Å². The standard InChI is InChI=1S/C21H16Cl2N4S/c1-2-19-26-18(23)11-20(27-19)24-16-9-5-13(6-10-16)17-12-28-21(25-17)14-3-7-15(22)8-4-14/h3-12H,2H2,1H3,(H,24,26,27). The molecule has 1 N–H and O–H groups in total. The molecule has 0 fully saturated rings. The van der Waals surface area contributed by atoms with Gasteiger partial charge in [0.15, 0.2) is 0 Å². The van der Waals surface area contributed by atoms with Crippen LogP contribution in [0.1, 0.15) is 12.7 Å². The first kappa shape index (κ1) is 18.9. The van der Waals surface area contributed by atoms with Crippen molar-refractivity contribution in [2.24, 2.45) is 0 Å². The molecule has 2 aromatic carbocycles. The summed E-state index contributed by atoms with van der Waals surface area (Å²) in [6, 6.07) is 17.5. The molecule has 0 aliphatic carbocycles. The van der Waals surface area contributed by atoms with Crippen molar-refractivity contribution in [1.29, 1.82) is 0 Å². The quantitative estimate of drug-likeness (QED) is 0.353. The maximum absolute atomic E-state index is 6.06. The van der Waals surface area contributed by atoms with E-state index in [9.17, 15) is 0 Å². The summed E-state index contributed by atoms with van der Waals surface area (Å²) >= 11 is 13.6. The molecule has 2 aromatic heterocycles. The van der Waals surface area contributed by atoms with Gasteiger partial charge in [0.25, 0.3) is 0 Å². The Morgan fingerprint density at radius 1 is 0.893 bits per heavy atom. The fourth-order valence-electron chi connectivity index (χ4n) is 2.69. The van der Waals surface area contributed by atoms with Gasteiger partial charge < -0.3 is 5.32 Å². The van der Waals surface area contributed by atoms with Gasteiger partial charge in [-0.25, -0.2) is 15.0 Å². The zero-order chi connectivity index (χ0) is 19.5. The van der Waals surface area contributed by atoms with Crippen LogP contribution in [0.15, 0.2) is 60.0 Å². The highest BCUT2D eigenvalue weighted by molar-refractivity contribution is 7.13. The zero-order valence-corrected chi connectivity index (χ0v) is 17.3. The van der Waals surface area contributed by atoms with Gasteiger partial charge in [-0.05, 0) is 24.3 Å². The van der Waals surface area contributed by atoms with Gasteiger partial charge in [0.1, 0.15) is 21.8 Å². The van der Waals surface area contributed by atoms with Crippen LogP contribution >= 0.6 is 34.5 Å². The van der Waals surface area contributed by atoms with E-state index in [4.69, 9.17) is 28.2 Å². The monoisotopic (exact) mass is 426 g/mol. The third kappa shape index (κ3) is 4.33. The molecule has 0 spiro atoms. The van der Waals surface area contributed by atoms with Gasteiger partial charge in [-0.15, -0.1) is 11.3 Å². The molecule has 0 saturated heterocycles. The number of rotatable bonds is 5. The summed E-state index contributed by atoms with van der Waals surface area (Å²) in [5.74, 6) is 1.40. The summed E-state index contributed by atoms with van der Waals surface area (Å²) in [6.07, 6.45) is 0.730. The first-order valence-corrected chi connectivity index (χ1v) is 10.4. The molecular weight excluding hydrogens is 411 g/mol. The van der Waals surface area contributed by atoms with Crippen molar-refractivity contribution in [2.45, 2.75) is 13.3 Å². The number of halogens is 2. The molecule has 4 rings (SSSR count). The van der Waals surface area contributed by atoms with Crippen LogP contribution in [-0.4, -0.2) is 15.0 Å². The van der Waals surface area contributed by atoms with Gasteiger partial charge in [0.05, 0.1) is 5.69 Å². The van der Waals surface area contributed by atoms with Crippen molar-refractivity contribution in [3.05, 3.63) is 76.0 Å². The highest BCUT2D eigenvalue weighted by Gasteiger charge is 2.08. The second-order valence-electron chi connectivity index (χ2n) is 6.09. The number of nitrogens with zero attached hydrogens (tertiary/aromatic N) is 3. The summed E-state index contributed by atoms with van der Waals surface area (Å²) in [7, 11) is 0. The predicted octanol–water partition coefficient (Wildman–Crippen LogP) is 6.88. The molecule has 0 unspecified atom stereocenters. The van der Waals surface area contributed by atoms with E-state index in [0.29, 0.717) is 16.8 Å². The van der Waals surface area contributed by atoms with Crippen molar-refractivity contribution in [3.63, 3.8) is 0 Å². The lowest BCUT2D eigenvalue weighted by molar-refractivity contribution is 0.943. The fraction of sp³-hybridized carbons (Fsp3) is 0.0952. The maximum atomic E-state index is 6.06. The van der Waals surface area contributed by atoms with Crippen molar-refractivity contribution in [2.75, 3.05) is 5.32 Å². The van der Waals surface area contributed by atoms with Crippen molar-refractivity contribution < 1.29 is 0 Å². The number of aromatic nitrogens is 3. The van der Waals surface area contributed by atoms with Crippen LogP contribution in [-0.2, 0) is 6.42 Å². The molecule has 140 valence electrons. The van der Waals surface area contributed by atoms with Crippen LogP contribution < -0.4 is 5.32 Å². The lowest BCUT2D eigenvalue weighted by Crippen LogP contribution is -1.99. The highest BCUT2D eigenvalue weighted by Crippen LogP contribution is 2.30. The summed E-state index contributed by atoms with van der Waals surface area (Å²) in [4.78, 5) is 13.4. The SMILES string of the molecule is CCc1nc(Cl)cc(Nc2ccc(-c3csc(-c4ccc(Cl)cc4)n3)cc2)n1. The third-order valence-corrected chi connectivity index (χ3v) is 5.44. The Morgan fingerprint density at radius 2 is 1.61 bits per heavy atom. The van der Waals surface area contributed by atoms with Crippen molar-refractivity contribution >= 4 is 46.0 Å². The van der Waals surface area contributed by atoms with Crippen LogP contribution in [0.25, 0.3) is 21.8 Å². The Kier molecular flexibility index (Phi) is 5.57. The van der Waals surface area contributed by atoms with Crippen LogP contribution in [0.5, 0.6) is 0 Å². The molecule has 4 nitrogen and oxygen atoms in total. The second kappa shape index (κ2) is 8.27. The smallest absolute Gasteiger partial charge is 0.135 e. The molecule has 0 radical (unpaired) electrons. The highest BCUT2D eigenvalue weighted by atomic mass is 35.5. The lowest BCUT2D eigenvalue weighted by Gasteiger charge is -2.08. The lowest BCUT2D eigenvalue weighted by atomic mass is 10.1. The molecule has 28 heavy (non-hydrogen) atoms. The molecule has 0 bridgehead atoms. The average molecular weight is 427 g/mol. The predicted molar refractivity (Wildman–Crippen MR) is 118 cm³/mol. The van der Waals surface area contributed by atoms with Crippen LogP contribution in [0, 0.1) is 0 Å². The van der Waals surface area contributed by atoms with E-state index in [0.717, 1.165) is 39.0 Å². The maximum Gasteiger partial charge on any atom is 0.135 e. The zero-order valence-electron chi connectivity index (χ0n) is 15.0. The first-order valence-electron chi connectivity index (χ1n) is 8.73. The molecule has 0 aliphatic rings. The Labute approximate surface area is 177 Å². The minimum atomic E-state index is 0.433. The molecule has 0 atom stereocenters. The van der Waals surface area contributed by atoms with E-state index in [1.807, 2.05) is 55.5 Å². The Hall–Kier alpha value is -2.47. The van der Waals surface area contributed by atoms with Gasteiger partial charge in [-0.3, -0.25) is 0 Å². The third-order valence-electron chi connectivity index (χ3n) is 4.11. The summed E-state index contributed by atoms with van der Waals surface area (Å²) in [5, 5.41) is 7.45. The largest absolute Gasteiger partial charge is 0.340 e. The van der Waals surface area contributed by atoms with E-state index in [1.165, 1.54) is 0 Å². The van der Waals surface area contributed by atoms with E-state index in [1.54, 1.807) is 17.4 Å². The van der Waals surface area contributed by atoms with E-state index in [2.05, 4.69) is 20.7 Å². The topological polar surface area (TPSA) is 50.7 Å².